The molecule has 2 rings (SSSR count). The van der Waals surface area contributed by atoms with E-state index >= 15 is 0 Å². The molecule has 0 aromatic heterocycles. The maximum absolute atomic E-state index is 12.4. The molecule has 0 atom stereocenters. The Morgan fingerprint density at radius 1 is 1.24 bits per heavy atom. The highest BCUT2D eigenvalue weighted by Gasteiger charge is 2.25. The second kappa shape index (κ2) is 7.06. The minimum absolute atomic E-state index is 0.121. The topological polar surface area (TPSA) is 84.3 Å². The molecule has 0 bridgehead atoms. The molecule has 1 aliphatic rings. The van der Waals surface area contributed by atoms with Gasteiger partial charge in [0.25, 0.3) is 5.91 Å². The Kier molecular flexibility index (Phi) is 5.14. The van der Waals surface area contributed by atoms with Crippen molar-refractivity contribution in [3.8, 4) is 0 Å². The fourth-order valence-electron chi connectivity index (χ4n) is 2.81. The van der Waals surface area contributed by atoms with E-state index in [1.807, 2.05) is 0 Å². The fraction of sp³-hybridized carbons (Fsp3) is 0.533. The van der Waals surface area contributed by atoms with E-state index in [4.69, 9.17) is 0 Å². The molecule has 6 heteroatoms. The van der Waals surface area contributed by atoms with Crippen molar-refractivity contribution in [3.05, 3.63) is 33.9 Å². The first-order valence-electron chi connectivity index (χ1n) is 7.39. The van der Waals surface area contributed by atoms with Crippen LogP contribution in [0.3, 0.4) is 0 Å². The monoisotopic (exact) mass is 291 g/mol. The van der Waals surface area contributed by atoms with E-state index in [-0.39, 0.29) is 23.2 Å². The molecule has 0 radical (unpaired) electrons. The Bertz CT molecular complexity index is 523. The number of hydrogen-bond acceptors (Lipinski definition) is 4. The molecule has 0 saturated heterocycles. The number of anilines is 1. The zero-order chi connectivity index (χ0) is 15.2. The molecule has 1 amide bonds. The summed E-state index contributed by atoms with van der Waals surface area (Å²) in [7, 11) is 1.61. The van der Waals surface area contributed by atoms with Gasteiger partial charge in [0.15, 0.2) is 0 Å². The average molecular weight is 291 g/mol. The van der Waals surface area contributed by atoms with Crippen LogP contribution in [-0.4, -0.2) is 23.9 Å². The van der Waals surface area contributed by atoms with Gasteiger partial charge >= 0.3 is 5.69 Å². The Balaban J connectivity index is 2.20. The van der Waals surface area contributed by atoms with Gasteiger partial charge in [-0.05, 0) is 25.0 Å². The molecule has 1 fully saturated rings. The number of rotatable bonds is 4. The minimum Gasteiger partial charge on any atom is -0.383 e. The average Bonchev–Trinajstić information content (AvgIpc) is 2.74. The predicted octanol–water partition coefficient (Wildman–Crippen LogP) is 3.09. The zero-order valence-electron chi connectivity index (χ0n) is 12.2. The molecule has 1 aromatic carbocycles. The number of hydrogen-bond donors (Lipinski definition) is 2. The fourth-order valence-corrected chi connectivity index (χ4v) is 2.81. The molecule has 1 saturated carbocycles. The second-order valence-corrected chi connectivity index (χ2v) is 5.37. The summed E-state index contributed by atoms with van der Waals surface area (Å²) < 4.78 is 0. The maximum atomic E-state index is 12.4. The van der Waals surface area contributed by atoms with Gasteiger partial charge in [0, 0.05) is 13.1 Å². The number of para-hydroxylation sites is 1. The summed E-state index contributed by atoms with van der Waals surface area (Å²) in [4.78, 5) is 23.1. The molecule has 114 valence electrons. The molecule has 1 aliphatic carbocycles. The number of nitro benzene ring substituents is 1. The third-order valence-corrected chi connectivity index (χ3v) is 3.92. The van der Waals surface area contributed by atoms with Crippen molar-refractivity contribution in [2.75, 3.05) is 12.4 Å². The van der Waals surface area contributed by atoms with Crippen LogP contribution in [0.4, 0.5) is 11.4 Å². The largest absolute Gasteiger partial charge is 0.383 e. The van der Waals surface area contributed by atoms with Crippen LogP contribution in [0, 0.1) is 10.1 Å². The molecule has 2 N–H and O–H groups in total. The lowest BCUT2D eigenvalue weighted by Crippen LogP contribution is -2.34. The molecule has 0 spiro atoms. The lowest BCUT2D eigenvalue weighted by molar-refractivity contribution is -0.384. The molecule has 0 unspecified atom stereocenters. The van der Waals surface area contributed by atoms with Gasteiger partial charge in [0.1, 0.15) is 11.3 Å². The van der Waals surface area contributed by atoms with Crippen molar-refractivity contribution in [1.29, 1.82) is 0 Å². The van der Waals surface area contributed by atoms with Crippen LogP contribution in [-0.2, 0) is 0 Å². The van der Waals surface area contributed by atoms with Crippen molar-refractivity contribution < 1.29 is 9.72 Å². The highest BCUT2D eigenvalue weighted by atomic mass is 16.6. The third kappa shape index (κ3) is 3.71. The van der Waals surface area contributed by atoms with Crippen molar-refractivity contribution in [2.45, 2.75) is 44.6 Å². The van der Waals surface area contributed by atoms with E-state index in [1.54, 1.807) is 19.2 Å². The molecule has 0 heterocycles. The smallest absolute Gasteiger partial charge is 0.305 e. The van der Waals surface area contributed by atoms with Crippen molar-refractivity contribution in [2.24, 2.45) is 0 Å². The Morgan fingerprint density at radius 3 is 2.48 bits per heavy atom. The highest BCUT2D eigenvalue weighted by Crippen LogP contribution is 2.28. The number of nitrogens with zero attached hydrogens (tertiary/aromatic N) is 1. The SMILES string of the molecule is CNc1cccc(C(=O)NC2CCCCCC2)c1[N+](=O)[O-]. The summed E-state index contributed by atoms with van der Waals surface area (Å²) in [5, 5.41) is 17.0. The number of nitrogens with one attached hydrogen (secondary N) is 2. The van der Waals surface area contributed by atoms with Crippen LogP contribution in [0.15, 0.2) is 18.2 Å². The maximum Gasteiger partial charge on any atom is 0.305 e. The third-order valence-electron chi connectivity index (χ3n) is 3.92. The van der Waals surface area contributed by atoms with Crippen LogP contribution >= 0.6 is 0 Å². The number of carbonyl (C=O) groups is 1. The summed E-state index contributed by atoms with van der Waals surface area (Å²) in [6.45, 7) is 0. The van der Waals surface area contributed by atoms with Gasteiger partial charge in [-0.1, -0.05) is 31.7 Å². The lowest BCUT2D eigenvalue weighted by atomic mass is 10.1. The van der Waals surface area contributed by atoms with E-state index < -0.39 is 4.92 Å². The van der Waals surface area contributed by atoms with Crippen LogP contribution in [0.5, 0.6) is 0 Å². The Morgan fingerprint density at radius 2 is 1.90 bits per heavy atom. The quantitative estimate of drug-likeness (QED) is 0.507. The zero-order valence-corrected chi connectivity index (χ0v) is 12.2. The first kappa shape index (κ1) is 15.3. The molecule has 21 heavy (non-hydrogen) atoms. The van der Waals surface area contributed by atoms with Crippen LogP contribution in [0.1, 0.15) is 48.9 Å². The van der Waals surface area contributed by atoms with E-state index in [1.165, 1.54) is 18.9 Å². The standard InChI is InChI=1S/C15H21N3O3/c1-16-13-10-6-9-12(14(13)18(20)21)15(19)17-11-7-4-2-3-5-8-11/h6,9-11,16H,2-5,7-8H2,1H3,(H,17,19). The summed E-state index contributed by atoms with van der Waals surface area (Å²) in [6, 6.07) is 4.88. The highest BCUT2D eigenvalue weighted by molar-refractivity contribution is 6.00. The Hall–Kier alpha value is -2.11. The minimum atomic E-state index is -0.506. The van der Waals surface area contributed by atoms with Gasteiger partial charge in [-0.15, -0.1) is 0 Å². The van der Waals surface area contributed by atoms with Gasteiger partial charge in [-0.25, -0.2) is 0 Å². The molecule has 0 aliphatic heterocycles. The predicted molar refractivity (Wildman–Crippen MR) is 81.6 cm³/mol. The van der Waals surface area contributed by atoms with E-state index in [0.29, 0.717) is 5.69 Å². The van der Waals surface area contributed by atoms with E-state index in [2.05, 4.69) is 10.6 Å². The first-order chi connectivity index (χ1) is 10.1. The molecule has 6 nitrogen and oxygen atoms in total. The summed E-state index contributed by atoms with van der Waals surface area (Å²) in [5.41, 5.74) is 0.315. The summed E-state index contributed by atoms with van der Waals surface area (Å²) >= 11 is 0. The lowest BCUT2D eigenvalue weighted by Gasteiger charge is -2.16. The number of carbonyl (C=O) groups excluding carboxylic acids is 1. The van der Waals surface area contributed by atoms with Crippen molar-refractivity contribution in [3.63, 3.8) is 0 Å². The molecular weight excluding hydrogens is 270 g/mol. The molecular formula is C15H21N3O3. The van der Waals surface area contributed by atoms with Crippen molar-refractivity contribution >= 4 is 17.3 Å². The Labute approximate surface area is 124 Å². The second-order valence-electron chi connectivity index (χ2n) is 5.37. The first-order valence-corrected chi connectivity index (χ1v) is 7.39. The normalized spacial score (nSPS) is 16.0. The van der Waals surface area contributed by atoms with Crippen molar-refractivity contribution in [1.82, 2.24) is 5.32 Å². The van der Waals surface area contributed by atoms with Gasteiger partial charge in [-0.2, -0.15) is 0 Å². The summed E-state index contributed by atoms with van der Waals surface area (Å²) in [5.74, 6) is -0.356. The summed E-state index contributed by atoms with van der Waals surface area (Å²) in [6.07, 6.45) is 6.49. The van der Waals surface area contributed by atoms with E-state index in [0.717, 1.165) is 25.7 Å². The number of amides is 1. The van der Waals surface area contributed by atoms with Gasteiger partial charge < -0.3 is 10.6 Å². The van der Waals surface area contributed by atoms with E-state index in [9.17, 15) is 14.9 Å². The van der Waals surface area contributed by atoms with Crippen LogP contribution < -0.4 is 10.6 Å². The van der Waals surface area contributed by atoms with Crippen LogP contribution in [0.2, 0.25) is 0 Å². The van der Waals surface area contributed by atoms with Crippen LogP contribution in [0.25, 0.3) is 0 Å². The van der Waals surface area contributed by atoms with Gasteiger partial charge in [0.05, 0.1) is 4.92 Å². The van der Waals surface area contributed by atoms with Gasteiger partial charge in [0.2, 0.25) is 0 Å². The molecule has 1 aromatic rings. The number of benzene rings is 1. The van der Waals surface area contributed by atoms with Gasteiger partial charge in [-0.3, -0.25) is 14.9 Å². The number of nitro groups is 1.